The molecule has 2 aromatic rings. The number of hydrogen-bond donors (Lipinski definition) is 3. The molecule has 0 aromatic heterocycles. The second-order valence-corrected chi connectivity index (χ2v) is 9.66. The zero-order valence-electron chi connectivity index (χ0n) is 20.1. The lowest BCUT2D eigenvalue weighted by molar-refractivity contribution is -0.438. The van der Waals surface area contributed by atoms with Gasteiger partial charge in [0.2, 0.25) is 5.69 Å². The maximum atomic E-state index is 12.7. The van der Waals surface area contributed by atoms with E-state index in [1.54, 1.807) is 0 Å². The van der Waals surface area contributed by atoms with Crippen LogP contribution in [0.1, 0.15) is 56.3 Å². The van der Waals surface area contributed by atoms with Gasteiger partial charge >= 0.3 is 0 Å². The monoisotopic (exact) mass is 486 g/mol. The predicted octanol–water partition coefficient (Wildman–Crippen LogP) is 4.43. The normalized spacial score (nSPS) is 13.8. The first kappa shape index (κ1) is 27.4. The Hall–Kier alpha value is -2.84. The third-order valence-electron chi connectivity index (χ3n) is 5.23. The summed E-state index contributed by atoms with van der Waals surface area (Å²) in [5.74, 6) is -0.276. The van der Waals surface area contributed by atoms with Crippen LogP contribution in [0.2, 0.25) is 0 Å². The molecule has 0 fully saturated rings. The van der Waals surface area contributed by atoms with Crippen molar-refractivity contribution in [3.8, 4) is 0 Å². The Morgan fingerprint density at radius 3 is 2.44 bits per heavy atom. The fourth-order valence-electron chi connectivity index (χ4n) is 3.48. The number of anilines is 1. The number of carbonyl (C=O) groups is 2. The number of amides is 1. The van der Waals surface area contributed by atoms with Crippen LogP contribution < -0.4 is 10.6 Å². The molecule has 0 aliphatic carbocycles. The van der Waals surface area contributed by atoms with Gasteiger partial charge in [-0.1, -0.05) is 38.7 Å². The highest BCUT2D eigenvalue weighted by Crippen LogP contribution is 2.18. The molecule has 0 saturated carbocycles. The lowest BCUT2D eigenvalue weighted by atomic mass is 10.1. The second kappa shape index (κ2) is 15.1. The second-order valence-electron chi connectivity index (χ2n) is 8.09. The number of benzene rings is 2. The maximum absolute atomic E-state index is 12.7. The van der Waals surface area contributed by atoms with Crippen molar-refractivity contribution in [3.05, 3.63) is 54.1 Å². The fraction of sp³-hybridized carbons (Fsp3) is 0.423. The first-order chi connectivity index (χ1) is 16.4. The molecule has 3 rings (SSSR count). The van der Waals surface area contributed by atoms with Gasteiger partial charge in [0.15, 0.2) is 12.8 Å². The van der Waals surface area contributed by atoms with Crippen molar-refractivity contribution in [1.29, 1.82) is 0 Å². The summed E-state index contributed by atoms with van der Waals surface area (Å²) in [5.41, 5.74) is 2.36. The molecule has 1 atom stereocenters. The molecule has 2 aromatic carbocycles. The first-order valence-electron chi connectivity index (χ1n) is 11.8. The summed E-state index contributed by atoms with van der Waals surface area (Å²) in [5, 5.41) is 13.6. The van der Waals surface area contributed by atoms with Crippen LogP contribution in [0.25, 0.3) is 0 Å². The average molecular weight is 487 g/mol. The highest BCUT2D eigenvalue weighted by atomic mass is 32.2. The third kappa shape index (κ3) is 9.97. The van der Waals surface area contributed by atoms with Gasteiger partial charge in [0.1, 0.15) is 0 Å². The van der Waals surface area contributed by atoms with Gasteiger partial charge in [0, 0.05) is 41.0 Å². The number of carboxylic acid groups (broad SMARTS) is 1. The largest absolute Gasteiger partial charge is 0.481 e. The van der Waals surface area contributed by atoms with E-state index in [0.717, 1.165) is 50.0 Å². The summed E-state index contributed by atoms with van der Waals surface area (Å²) in [6.45, 7) is 5.94. The topological polar surface area (TPSA) is 98.5 Å². The molecule has 0 bridgehead atoms. The Bertz CT molecular complexity index is 986. The zero-order valence-corrected chi connectivity index (χ0v) is 20.9. The van der Waals surface area contributed by atoms with E-state index in [-0.39, 0.29) is 5.91 Å². The smallest absolute Gasteiger partial charge is 0.300 e. The number of carbonyl (C=O) groups excluding carboxylic acids is 1. The number of carboxylic acids is 1. The van der Waals surface area contributed by atoms with E-state index in [1.807, 2.05) is 48.5 Å². The van der Waals surface area contributed by atoms with Crippen LogP contribution in [-0.4, -0.2) is 57.4 Å². The fourth-order valence-corrected chi connectivity index (χ4v) is 4.62. The number of rotatable bonds is 10. The number of aliphatic carboxylic acids is 1. The van der Waals surface area contributed by atoms with E-state index >= 15 is 0 Å². The van der Waals surface area contributed by atoms with Gasteiger partial charge in [-0.25, -0.2) is 4.58 Å². The van der Waals surface area contributed by atoms with Crippen molar-refractivity contribution in [2.24, 2.45) is 0 Å². The van der Waals surface area contributed by atoms with Gasteiger partial charge in [-0.2, -0.15) is 0 Å². The molecule has 7 nitrogen and oxygen atoms in total. The highest BCUT2D eigenvalue weighted by Gasteiger charge is 2.15. The van der Waals surface area contributed by atoms with Crippen LogP contribution in [0.15, 0.2) is 53.4 Å². The minimum atomic E-state index is -0.979. The Morgan fingerprint density at radius 1 is 1.09 bits per heavy atom. The van der Waals surface area contributed by atoms with Crippen LogP contribution >= 0.6 is 0 Å². The third-order valence-corrected chi connectivity index (χ3v) is 6.69. The number of unbranched alkanes of at least 4 members (excludes halogenated alkanes) is 4. The zero-order chi connectivity index (χ0) is 24.8. The summed E-state index contributed by atoms with van der Waals surface area (Å²) in [4.78, 5) is 22.5. The lowest BCUT2D eigenvalue weighted by Gasteiger charge is -2.10. The van der Waals surface area contributed by atoms with Gasteiger partial charge in [-0.15, -0.1) is 0 Å². The minimum absolute atomic E-state index is 0.142. The van der Waals surface area contributed by atoms with Gasteiger partial charge in [0.05, 0.1) is 23.9 Å². The molecule has 1 aliphatic heterocycles. The van der Waals surface area contributed by atoms with Gasteiger partial charge < -0.3 is 15.7 Å². The molecular weight excluding hydrogens is 450 g/mol. The Morgan fingerprint density at radius 2 is 1.79 bits per heavy atom. The summed E-state index contributed by atoms with van der Waals surface area (Å²) in [6.07, 6.45) is 7.91. The quantitative estimate of drug-likeness (QED) is 0.341. The lowest BCUT2D eigenvalue weighted by Crippen LogP contribution is -2.33. The van der Waals surface area contributed by atoms with Crippen LogP contribution in [0.4, 0.5) is 11.4 Å². The molecule has 3 N–H and O–H groups in total. The van der Waals surface area contributed by atoms with E-state index < -0.39 is 16.8 Å². The van der Waals surface area contributed by atoms with Crippen molar-refractivity contribution < 1.29 is 23.5 Å². The number of nitrogens with one attached hydrogen (secondary N) is 2. The predicted molar refractivity (Wildman–Crippen MR) is 138 cm³/mol. The van der Waals surface area contributed by atoms with Crippen molar-refractivity contribution >= 4 is 40.3 Å². The Labute approximate surface area is 204 Å². The van der Waals surface area contributed by atoms with Crippen LogP contribution in [0.5, 0.6) is 0 Å². The SMILES string of the molecule is CC(=O)O.CCCCCCCS(=O)c1ccc(NC(=O)c2cccc([N+]3=CCNCC3)c2)cc1. The van der Waals surface area contributed by atoms with Crippen molar-refractivity contribution in [2.75, 3.05) is 30.7 Å². The molecule has 1 amide bonds. The Balaban J connectivity index is 0.000000945. The molecule has 184 valence electrons. The summed E-state index contributed by atoms with van der Waals surface area (Å²) >= 11 is 0. The van der Waals surface area contributed by atoms with E-state index in [1.165, 1.54) is 19.3 Å². The molecule has 0 spiro atoms. The van der Waals surface area contributed by atoms with Crippen LogP contribution in [0, 0.1) is 0 Å². The summed E-state index contributed by atoms with van der Waals surface area (Å²) in [7, 11) is -0.979. The standard InChI is InChI=1S/C24H31N3O2S.C2H4O2/c1-2-3-4-5-6-18-30(29)23-12-10-21(11-13-23)26-24(28)20-8-7-9-22(19-20)27-16-14-25-15-17-27;1-2(3)4/h7-13,16,19,25H,2-6,14-15,17-18H2,1H3;1H3,(H,3,4)/p+1. The molecule has 8 heteroatoms. The number of nitrogens with zero attached hydrogens (tertiary/aromatic N) is 1. The molecule has 0 saturated heterocycles. The molecular formula is C26H36N3O4S+. The van der Waals surface area contributed by atoms with Gasteiger partial charge in [0.25, 0.3) is 11.9 Å². The average Bonchev–Trinajstić information content (AvgIpc) is 2.84. The van der Waals surface area contributed by atoms with Gasteiger partial charge in [-0.3, -0.25) is 13.8 Å². The van der Waals surface area contributed by atoms with Gasteiger partial charge in [-0.05, 0) is 36.8 Å². The molecule has 1 aliphatic rings. The van der Waals surface area contributed by atoms with E-state index in [2.05, 4.69) is 28.3 Å². The van der Waals surface area contributed by atoms with Crippen molar-refractivity contribution in [3.63, 3.8) is 0 Å². The highest BCUT2D eigenvalue weighted by molar-refractivity contribution is 7.85. The molecule has 1 unspecified atom stereocenters. The van der Waals surface area contributed by atoms with Crippen LogP contribution in [-0.2, 0) is 15.6 Å². The van der Waals surface area contributed by atoms with Crippen molar-refractivity contribution in [1.82, 2.24) is 5.32 Å². The van der Waals surface area contributed by atoms with E-state index in [0.29, 0.717) is 17.0 Å². The van der Waals surface area contributed by atoms with E-state index in [9.17, 15) is 9.00 Å². The minimum Gasteiger partial charge on any atom is -0.481 e. The van der Waals surface area contributed by atoms with Crippen LogP contribution in [0.3, 0.4) is 0 Å². The maximum Gasteiger partial charge on any atom is 0.300 e. The molecule has 0 radical (unpaired) electrons. The summed E-state index contributed by atoms with van der Waals surface area (Å²) in [6, 6.07) is 15.0. The molecule has 1 heterocycles. The number of hydrogen-bond acceptors (Lipinski definition) is 4. The van der Waals surface area contributed by atoms with E-state index in [4.69, 9.17) is 9.90 Å². The first-order valence-corrected chi connectivity index (χ1v) is 13.1. The van der Waals surface area contributed by atoms with Crippen molar-refractivity contribution in [2.45, 2.75) is 50.8 Å². The Kier molecular flexibility index (Phi) is 12.2. The molecule has 34 heavy (non-hydrogen) atoms. The summed E-state index contributed by atoms with van der Waals surface area (Å²) < 4.78 is 14.6.